The van der Waals surface area contributed by atoms with Gasteiger partial charge in [-0.05, 0) is 106 Å². The van der Waals surface area contributed by atoms with Crippen molar-refractivity contribution in [2.45, 2.75) is 19.3 Å². The van der Waals surface area contributed by atoms with E-state index in [2.05, 4.69) is 34.9 Å². The normalized spacial score (nSPS) is 12.3. The van der Waals surface area contributed by atoms with Gasteiger partial charge in [0.05, 0.1) is 50.1 Å². The molecule has 12 rings (SSSR count). The van der Waals surface area contributed by atoms with Crippen LogP contribution >= 0.6 is 0 Å². The van der Waals surface area contributed by atoms with E-state index in [4.69, 9.17) is 0 Å². The van der Waals surface area contributed by atoms with Crippen molar-refractivity contribution in [3.8, 4) is 50.8 Å². The molecule has 10 aromatic carbocycles. The van der Waals surface area contributed by atoms with Crippen molar-refractivity contribution < 1.29 is 26.3 Å². The lowest BCUT2D eigenvalue weighted by Gasteiger charge is -2.28. The molecule has 0 aliphatic carbocycles. The second-order valence-corrected chi connectivity index (χ2v) is 17.5. The van der Waals surface area contributed by atoms with Gasteiger partial charge in [-0.3, -0.25) is 0 Å². The number of fused-ring (bicyclic) bond motifs is 8. The molecule has 3 nitrogen and oxygen atoms in total. The lowest BCUT2D eigenvalue weighted by molar-refractivity contribution is -0.138. The van der Waals surface area contributed by atoms with Crippen molar-refractivity contribution >= 4 is 65.2 Å². The van der Waals surface area contributed by atoms with Crippen LogP contribution in [-0.4, -0.2) is 9.13 Å². The van der Waals surface area contributed by atoms with E-state index in [9.17, 15) is 31.6 Å². The summed E-state index contributed by atoms with van der Waals surface area (Å²) < 4.78 is 91.1. The van der Waals surface area contributed by atoms with E-state index >= 15 is 0 Å². The molecule has 0 N–H and O–H groups in total. The lowest BCUT2D eigenvalue weighted by Crippen LogP contribution is -2.11. The van der Waals surface area contributed by atoms with E-state index in [1.165, 1.54) is 24.3 Å². The fourth-order valence-electron chi connectivity index (χ4n) is 10.3. The standard InChI is InChI=1S/C60H35F6N3/c1-35-18-20-36(21-19-35)54-49(34-67)55(37-22-26-43(27-23-37)59(61,62)63)58(69-51-17-9-7-15-46(51)48-31-40-11-3-5-13-42(40)33-53(48)69)56(38-24-28-44(29-25-38)60(64,65)66)57(54)68-50-16-8-6-14-45(50)47-30-39-10-2-4-12-41(39)32-52(47)68/h2-33H,1H3. The Labute approximate surface area is 390 Å². The van der Waals surface area contributed by atoms with Crippen molar-refractivity contribution in [1.29, 1.82) is 5.26 Å². The molecule has 2 aromatic heterocycles. The second kappa shape index (κ2) is 15.5. The molecule has 0 amide bonds. The van der Waals surface area contributed by atoms with Crippen LogP contribution in [0.1, 0.15) is 22.3 Å². The number of hydrogen-bond donors (Lipinski definition) is 0. The molecule has 69 heavy (non-hydrogen) atoms. The highest BCUT2D eigenvalue weighted by molar-refractivity contribution is 6.18. The number of aromatic nitrogens is 2. The number of halogens is 6. The predicted octanol–water partition coefficient (Wildman–Crippen LogP) is 17.4. The van der Waals surface area contributed by atoms with Crippen LogP contribution in [0.15, 0.2) is 194 Å². The van der Waals surface area contributed by atoms with E-state index < -0.39 is 23.5 Å². The minimum absolute atomic E-state index is 0.165. The molecule has 332 valence electrons. The van der Waals surface area contributed by atoms with Crippen LogP contribution in [-0.2, 0) is 12.4 Å². The summed E-state index contributed by atoms with van der Waals surface area (Å²) in [6, 6.07) is 60.1. The highest BCUT2D eigenvalue weighted by atomic mass is 19.4. The topological polar surface area (TPSA) is 33.6 Å². The highest BCUT2D eigenvalue weighted by Gasteiger charge is 2.35. The van der Waals surface area contributed by atoms with Crippen molar-refractivity contribution in [2.24, 2.45) is 0 Å². The van der Waals surface area contributed by atoms with Crippen molar-refractivity contribution in [1.82, 2.24) is 9.13 Å². The van der Waals surface area contributed by atoms with Crippen LogP contribution in [0, 0.1) is 18.3 Å². The Morgan fingerprint density at radius 1 is 0.377 bits per heavy atom. The molecule has 0 fully saturated rings. The maximum absolute atomic E-state index is 14.6. The van der Waals surface area contributed by atoms with Crippen LogP contribution in [0.4, 0.5) is 26.3 Å². The van der Waals surface area contributed by atoms with Gasteiger partial charge < -0.3 is 9.13 Å². The highest BCUT2D eigenvalue weighted by Crippen LogP contribution is 2.53. The summed E-state index contributed by atoms with van der Waals surface area (Å²) in [5.74, 6) is 0. The monoisotopic (exact) mass is 911 g/mol. The first-order valence-corrected chi connectivity index (χ1v) is 22.3. The Morgan fingerprint density at radius 3 is 1.12 bits per heavy atom. The molecule has 0 unspecified atom stereocenters. The molecule has 0 aliphatic rings. The first kappa shape index (κ1) is 41.8. The summed E-state index contributed by atoms with van der Waals surface area (Å²) in [4.78, 5) is 0. The predicted molar refractivity (Wildman–Crippen MR) is 266 cm³/mol. The number of benzene rings is 10. The van der Waals surface area contributed by atoms with Gasteiger partial charge in [0.25, 0.3) is 0 Å². The van der Waals surface area contributed by atoms with Gasteiger partial charge in [0.15, 0.2) is 0 Å². The number of alkyl halides is 6. The van der Waals surface area contributed by atoms with Gasteiger partial charge >= 0.3 is 12.4 Å². The summed E-state index contributed by atoms with van der Waals surface area (Å²) in [7, 11) is 0. The molecule has 0 spiro atoms. The van der Waals surface area contributed by atoms with E-state index in [1.807, 2.05) is 133 Å². The summed E-state index contributed by atoms with van der Waals surface area (Å²) >= 11 is 0. The van der Waals surface area contributed by atoms with E-state index in [0.717, 1.165) is 95.0 Å². The van der Waals surface area contributed by atoms with Gasteiger partial charge in [0.2, 0.25) is 0 Å². The van der Waals surface area contributed by atoms with Crippen molar-refractivity contribution in [3.05, 3.63) is 216 Å². The summed E-state index contributed by atoms with van der Waals surface area (Å²) in [5, 5.41) is 19.3. The zero-order valence-corrected chi connectivity index (χ0v) is 36.6. The molecule has 0 saturated heterocycles. The van der Waals surface area contributed by atoms with Crippen LogP contribution < -0.4 is 0 Å². The lowest BCUT2D eigenvalue weighted by atomic mass is 9.83. The average Bonchev–Trinajstić information content (AvgIpc) is 3.85. The fourth-order valence-corrected chi connectivity index (χ4v) is 10.3. The minimum Gasteiger partial charge on any atom is -0.308 e. The summed E-state index contributed by atoms with van der Waals surface area (Å²) in [6.45, 7) is 1.95. The molecular formula is C60H35F6N3. The van der Waals surface area contributed by atoms with Crippen LogP contribution in [0.5, 0.6) is 0 Å². The largest absolute Gasteiger partial charge is 0.416 e. The van der Waals surface area contributed by atoms with Crippen molar-refractivity contribution in [2.75, 3.05) is 0 Å². The maximum atomic E-state index is 14.6. The Morgan fingerprint density at radius 2 is 0.725 bits per heavy atom. The molecule has 9 heteroatoms. The second-order valence-electron chi connectivity index (χ2n) is 17.5. The fraction of sp³-hybridized carbons (Fsp3) is 0.0500. The third kappa shape index (κ3) is 6.66. The summed E-state index contributed by atoms with van der Waals surface area (Å²) in [6.07, 6.45) is -9.31. The van der Waals surface area contributed by atoms with Crippen molar-refractivity contribution in [3.63, 3.8) is 0 Å². The Kier molecular flexibility index (Phi) is 9.37. The molecule has 2 heterocycles. The van der Waals surface area contributed by atoms with Crippen LogP contribution in [0.3, 0.4) is 0 Å². The summed E-state index contributed by atoms with van der Waals surface area (Å²) in [5.41, 5.74) is 5.84. The number of hydrogen-bond acceptors (Lipinski definition) is 1. The maximum Gasteiger partial charge on any atom is 0.416 e. The first-order chi connectivity index (χ1) is 33.4. The van der Waals surface area contributed by atoms with Crippen LogP contribution in [0.25, 0.3) is 110 Å². The third-order valence-corrected chi connectivity index (χ3v) is 13.4. The van der Waals surface area contributed by atoms with Gasteiger partial charge in [-0.1, -0.05) is 139 Å². The Hall–Kier alpha value is -8.61. The van der Waals surface area contributed by atoms with E-state index in [-0.39, 0.29) is 5.56 Å². The average molecular weight is 912 g/mol. The quantitative estimate of drug-likeness (QED) is 0.158. The smallest absolute Gasteiger partial charge is 0.308 e. The number of rotatable bonds is 5. The van der Waals surface area contributed by atoms with Gasteiger partial charge in [-0.15, -0.1) is 0 Å². The molecule has 0 aliphatic heterocycles. The molecule has 0 atom stereocenters. The van der Waals surface area contributed by atoms with E-state index in [1.54, 1.807) is 0 Å². The number of aryl methyl sites for hydroxylation is 1. The van der Waals surface area contributed by atoms with Gasteiger partial charge in [0.1, 0.15) is 6.07 Å². The molecule has 0 saturated carbocycles. The number of nitriles is 1. The molecule has 12 aromatic rings. The zero-order valence-electron chi connectivity index (χ0n) is 36.6. The number of para-hydroxylation sites is 2. The van der Waals surface area contributed by atoms with E-state index in [0.29, 0.717) is 44.8 Å². The molecule has 0 bridgehead atoms. The molecular weight excluding hydrogens is 877 g/mol. The minimum atomic E-state index is -4.66. The Bertz CT molecular complexity index is 4090. The third-order valence-electron chi connectivity index (χ3n) is 13.4. The van der Waals surface area contributed by atoms with Gasteiger partial charge in [-0.25, -0.2) is 0 Å². The Balaban J connectivity index is 1.40. The van der Waals surface area contributed by atoms with Gasteiger partial charge in [0, 0.05) is 38.2 Å². The zero-order chi connectivity index (χ0) is 47.3. The molecule has 0 radical (unpaired) electrons. The van der Waals surface area contributed by atoms with Crippen LogP contribution in [0.2, 0.25) is 0 Å². The SMILES string of the molecule is Cc1ccc(-c2c(C#N)c(-c3ccc(C(F)(F)F)cc3)c(-n3c4ccccc4c4cc5ccccc5cc43)c(-c3ccc(C(F)(F)F)cc3)c2-n2c3ccccc3c3cc4ccccc4cc32)cc1. The van der Waals surface area contributed by atoms with Gasteiger partial charge in [-0.2, -0.15) is 31.6 Å². The first-order valence-electron chi connectivity index (χ1n) is 22.3. The number of nitrogens with zero attached hydrogens (tertiary/aromatic N) is 3.